The molecule has 2 aromatic rings. The fourth-order valence-corrected chi connectivity index (χ4v) is 5.27. The van der Waals surface area contributed by atoms with Crippen LogP contribution in [-0.2, 0) is 4.79 Å². The van der Waals surface area contributed by atoms with Crippen LogP contribution in [0.4, 0.5) is 10.2 Å². The molecule has 4 rings (SSSR count). The predicted molar refractivity (Wildman–Crippen MR) is 140 cm³/mol. The number of rotatable bonds is 9. The van der Waals surface area contributed by atoms with Gasteiger partial charge in [-0.25, -0.2) is 14.4 Å². The molecule has 1 aromatic heterocycles. The van der Waals surface area contributed by atoms with Crippen molar-refractivity contribution in [3.8, 4) is 17.1 Å². The predicted octanol–water partition coefficient (Wildman–Crippen LogP) is 4.86. The van der Waals surface area contributed by atoms with E-state index in [4.69, 9.17) is 32.0 Å². The first-order chi connectivity index (χ1) is 17.1. The number of hydrogen-bond acceptors (Lipinski definition) is 7. The quantitative estimate of drug-likeness (QED) is 0.459. The first-order valence-electron chi connectivity index (χ1n) is 12.4. The summed E-state index contributed by atoms with van der Waals surface area (Å²) in [6.45, 7) is 8.27. The fourth-order valence-electron chi connectivity index (χ4n) is 5.06. The van der Waals surface area contributed by atoms with Crippen molar-refractivity contribution in [1.29, 1.82) is 0 Å². The number of allylic oxidation sites excluding steroid dienone is 2. The molecule has 3 N–H and O–H groups in total. The van der Waals surface area contributed by atoms with Crippen LogP contribution in [0.25, 0.3) is 17.0 Å². The Hall–Kier alpha value is -2.71. The average Bonchev–Trinajstić information content (AvgIpc) is 2.78. The number of Topliss-reactive ketones (excluding diaryl/α,β-unsaturated/α-hetero) is 1. The molecule has 1 aliphatic carbocycles. The Labute approximate surface area is 216 Å². The van der Waals surface area contributed by atoms with Gasteiger partial charge in [0.15, 0.2) is 11.6 Å². The summed E-state index contributed by atoms with van der Waals surface area (Å²) in [6, 6.07) is 5.15. The molecule has 7 nitrogen and oxygen atoms in total. The minimum Gasteiger partial charge on any atom is -0.491 e. The number of alkyl halides is 1. The van der Waals surface area contributed by atoms with Crippen molar-refractivity contribution in [2.24, 2.45) is 11.1 Å². The number of aliphatic hydroxyl groups excluding tert-OH is 1. The second-order valence-electron chi connectivity index (χ2n) is 10.1. The van der Waals surface area contributed by atoms with Gasteiger partial charge in [-0.3, -0.25) is 4.79 Å². The van der Waals surface area contributed by atoms with Crippen molar-refractivity contribution >= 4 is 28.8 Å². The lowest BCUT2D eigenvalue weighted by Crippen LogP contribution is -2.66. The maximum absolute atomic E-state index is 14.3. The van der Waals surface area contributed by atoms with Crippen LogP contribution < -0.4 is 15.4 Å². The van der Waals surface area contributed by atoms with Crippen molar-refractivity contribution in [2.75, 3.05) is 24.6 Å². The highest BCUT2D eigenvalue weighted by atomic mass is 35.5. The van der Waals surface area contributed by atoms with E-state index >= 15 is 0 Å². The molecule has 0 bridgehead atoms. The zero-order valence-electron chi connectivity index (χ0n) is 21.3. The molecule has 2 atom stereocenters. The number of benzene rings is 1. The number of halogens is 2. The number of nitrogens with two attached hydrogens (primary N) is 1. The topological polar surface area (TPSA) is 102 Å². The van der Waals surface area contributed by atoms with Gasteiger partial charge in [-0.15, -0.1) is 0 Å². The number of aromatic nitrogens is 2. The summed E-state index contributed by atoms with van der Waals surface area (Å²) < 4.78 is 20.1. The molecule has 36 heavy (non-hydrogen) atoms. The summed E-state index contributed by atoms with van der Waals surface area (Å²) >= 11 is 6.56. The summed E-state index contributed by atoms with van der Waals surface area (Å²) in [4.78, 5) is 24.1. The molecule has 1 saturated carbocycles. The monoisotopic (exact) mass is 516 g/mol. The van der Waals surface area contributed by atoms with Gasteiger partial charge in [0.1, 0.15) is 24.3 Å². The molecule has 2 fully saturated rings. The van der Waals surface area contributed by atoms with E-state index < -0.39 is 12.3 Å². The number of nitrogens with zero attached hydrogens (tertiary/aromatic N) is 3. The minimum atomic E-state index is -0.792. The Morgan fingerprint density at radius 3 is 2.64 bits per heavy atom. The van der Waals surface area contributed by atoms with Crippen LogP contribution >= 0.6 is 11.6 Å². The molecule has 1 saturated heterocycles. The molecular formula is C27H34ClFN4O3. The van der Waals surface area contributed by atoms with Crippen LogP contribution in [0, 0.1) is 12.3 Å². The van der Waals surface area contributed by atoms with Gasteiger partial charge in [0, 0.05) is 35.3 Å². The molecule has 1 unspecified atom stereocenters. The SMILES string of the molecule is CCC[C@@H](O)COc1ccc(Cl)c(-c2nc(C(C(C)=O)=C(C)N)c(C)c(N3CC4(CCC4F)C3)n2)c1. The van der Waals surface area contributed by atoms with E-state index in [0.717, 1.165) is 12.8 Å². The molecule has 1 spiro atoms. The minimum absolute atomic E-state index is 0.157. The molecule has 0 amide bonds. The summed E-state index contributed by atoms with van der Waals surface area (Å²) in [5.41, 5.74) is 8.17. The van der Waals surface area contributed by atoms with Crippen molar-refractivity contribution in [3.05, 3.63) is 40.2 Å². The van der Waals surface area contributed by atoms with Crippen molar-refractivity contribution < 1.29 is 19.0 Å². The first kappa shape index (κ1) is 26.4. The van der Waals surface area contributed by atoms with Crippen LogP contribution in [0.5, 0.6) is 5.75 Å². The number of hydrogen-bond donors (Lipinski definition) is 2. The second-order valence-corrected chi connectivity index (χ2v) is 10.5. The lowest BCUT2D eigenvalue weighted by atomic mass is 9.62. The van der Waals surface area contributed by atoms with Gasteiger partial charge in [-0.1, -0.05) is 24.9 Å². The fraction of sp³-hybridized carbons (Fsp3) is 0.519. The van der Waals surface area contributed by atoms with Gasteiger partial charge in [0.05, 0.1) is 22.4 Å². The molecular weight excluding hydrogens is 483 g/mol. The molecule has 9 heteroatoms. The summed E-state index contributed by atoms with van der Waals surface area (Å²) in [7, 11) is 0. The third-order valence-corrected chi connectivity index (χ3v) is 7.55. The van der Waals surface area contributed by atoms with Crippen LogP contribution in [0.1, 0.15) is 57.7 Å². The number of ether oxygens (including phenoxy) is 1. The average molecular weight is 517 g/mol. The highest BCUT2D eigenvalue weighted by Gasteiger charge is 2.56. The number of anilines is 1. The number of ketones is 1. The molecule has 1 aromatic carbocycles. The lowest BCUT2D eigenvalue weighted by Gasteiger charge is -2.58. The van der Waals surface area contributed by atoms with Gasteiger partial charge in [0.25, 0.3) is 0 Å². The zero-order valence-corrected chi connectivity index (χ0v) is 22.0. The van der Waals surface area contributed by atoms with E-state index in [9.17, 15) is 14.3 Å². The third-order valence-electron chi connectivity index (χ3n) is 7.22. The van der Waals surface area contributed by atoms with E-state index in [0.29, 0.717) is 76.4 Å². The number of aliphatic hydroxyl groups is 1. The maximum Gasteiger partial charge on any atom is 0.163 e. The van der Waals surface area contributed by atoms with E-state index in [-0.39, 0.29) is 17.8 Å². The largest absolute Gasteiger partial charge is 0.491 e. The van der Waals surface area contributed by atoms with Crippen LogP contribution in [0.15, 0.2) is 23.9 Å². The lowest BCUT2D eigenvalue weighted by molar-refractivity contribution is -0.111. The van der Waals surface area contributed by atoms with Gasteiger partial charge in [0.2, 0.25) is 0 Å². The Morgan fingerprint density at radius 1 is 1.36 bits per heavy atom. The van der Waals surface area contributed by atoms with E-state index in [2.05, 4.69) is 0 Å². The van der Waals surface area contributed by atoms with Crippen molar-refractivity contribution in [3.63, 3.8) is 0 Å². The highest BCUT2D eigenvalue weighted by Crippen LogP contribution is 2.52. The molecule has 0 radical (unpaired) electrons. The van der Waals surface area contributed by atoms with Gasteiger partial charge in [-0.05, 0) is 58.2 Å². The molecule has 194 valence electrons. The Bertz CT molecular complexity index is 1190. The maximum atomic E-state index is 14.3. The normalized spacial score (nSPS) is 19.9. The van der Waals surface area contributed by atoms with E-state index in [1.165, 1.54) is 6.92 Å². The summed E-state index contributed by atoms with van der Waals surface area (Å²) in [6.07, 6.45) is 1.61. The second kappa shape index (κ2) is 10.3. The number of carbonyl (C=O) groups is 1. The van der Waals surface area contributed by atoms with Crippen LogP contribution in [-0.4, -0.2) is 52.8 Å². The van der Waals surface area contributed by atoms with Gasteiger partial charge >= 0.3 is 0 Å². The van der Waals surface area contributed by atoms with E-state index in [1.807, 2.05) is 18.7 Å². The first-order valence-corrected chi connectivity index (χ1v) is 12.8. The Balaban J connectivity index is 1.76. The Morgan fingerprint density at radius 2 is 2.08 bits per heavy atom. The van der Waals surface area contributed by atoms with E-state index in [1.54, 1.807) is 25.1 Å². The smallest absolute Gasteiger partial charge is 0.163 e. The highest BCUT2D eigenvalue weighted by molar-refractivity contribution is 6.33. The van der Waals surface area contributed by atoms with Crippen LogP contribution in [0.2, 0.25) is 5.02 Å². The zero-order chi connectivity index (χ0) is 26.2. The summed E-state index contributed by atoms with van der Waals surface area (Å²) in [5, 5.41) is 10.5. The standard InChI is InChI=1S/C27H34ClFN4O3/c1-5-6-18(35)12-36-19-7-8-21(28)20(11-19)25-31-24(23(16(3)30)17(4)34)15(2)26(32-25)33-13-27(14-33)10-9-22(27)29/h7-8,11,18,22,35H,5-6,9-10,12-14,30H2,1-4H3/t18-,22?/m1/s1. The van der Waals surface area contributed by atoms with Crippen molar-refractivity contribution in [1.82, 2.24) is 9.97 Å². The third kappa shape index (κ3) is 4.93. The molecule has 2 heterocycles. The number of carbonyl (C=O) groups excluding carboxylic acids is 1. The molecule has 1 aliphatic heterocycles. The Kier molecular flexibility index (Phi) is 7.57. The van der Waals surface area contributed by atoms with Gasteiger partial charge < -0.3 is 20.5 Å². The van der Waals surface area contributed by atoms with Crippen molar-refractivity contribution in [2.45, 2.75) is 65.7 Å². The molecule has 2 aliphatic rings. The summed E-state index contributed by atoms with van der Waals surface area (Å²) in [5.74, 6) is 1.28. The van der Waals surface area contributed by atoms with Crippen LogP contribution in [0.3, 0.4) is 0 Å². The van der Waals surface area contributed by atoms with Gasteiger partial charge in [-0.2, -0.15) is 0 Å².